The van der Waals surface area contributed by atoms with Crippen LogP contribution in [-0.4, -0.2) is 51.5 Å². The Kier molecular flexibility index (Phi) is 14.0. The third-order valence-electron chi connectivity index (χ3n) is 9.07. The Morgan fingerprint density at radius 3 is 1.56 bits per heavy atom. The van der Waals surface area contributed by atoms with Crippen molar-refractivity contribution in [1.82, 2.24) is 0 Å². The summed E-state index contributed by atoms with van der Waals surface area (Å²) < 4.78 is 1.02. The zero-order valence-electron chi connectivity index (χ0n) is 24.8. The zero-order chi connectivity index (χ0) is 30.0. The molecule has 1 aliphatic carbocycles. The minimum Gasteiger partial charge on any atom is -0.427 e. The lowest BCUT2D eigenvalue weighted by atomic mass is 9.40. The van der Waals surface area contributed by atoms with Gasteiger partial charge in [-0.15, -0.1) is 0 Å². The van der Waals surface area contributed by atoms with Gasteiger partial charge in [-0.1, -0.05) is 131 Å². The molecule has 0 aromatic heterocycles. The van der Waals surface area contributed by atoms with E-state index in [2.05, 4.69) is 48.0 Å². The third-order valence-corrected chi connectivity index (χ3v) is 9.56. The van der Waals surface area contributed by atoms with Crippen LogP contribution in [0, 0.1) is 0 Å². The van der Waals surface area contributed by atoms with E-state index >= 15 is 0 Å². The number of hydrogen-bond donors (Lipinski definition) is 6. The van der Waals surface area contributed by atoms with Gasteiger partial charge in [-0.25, -0.2) is 0 Å². The Hall–Kier alpha value is -1.13. The van der Waals surface area contributed by atoms with Crippen LogP contribution in [-0.2, 0) is 5.41 Å². The molecule has 1 unspecified atom stereocenters. The van der Waals surface area contributed by atoms with E-state index in [1.165, 1.54) is 62.5 Å². The molecule has 0 bridgehead atoms. The lowest BCUT2D eigenvalue weighted by molar-refractivity contribution is 0.333. The summed E-state index contributed by atoms with van der Waals surface area (Å²) in [6, 6.07) is 12.1. The summed E-state index contributed by atoms with van der Waals surface area (Å²) in [6.45, 7) is 4.45. The number of unbranched alkanes of at least 4 members (excludes halogenated alkanes) is 10. The van der Waals surface area contributed by atoms with Crippen molar-refractivity contribution in [2.24, 2.45) is 0 Å². The van der Waals surface area contributed by atoms with Crippen LogP contribution in [0.1, 0.15) is 126 Å². The Labute approximate surface area is 256 Å². The molecule has 3 rings (SSSR count). The molecule has 1 aliphatic rings. The van der Waals surface area contributed by atoms with Gasteiger partial charge in [0.25, 0.3) is 0 Å². The van der Waals surface area contributed by atoms with Gasteiger partial charge in [0.1, 0.15) is 0 Å². The topological polar surface area (TPSA) is 121 Å². The van der Waals surface area contributed by atoms with Crippen LogP contribution >= 0.6 is 15.9 Å². The predicted molar refractivity (Wildman–Crippen MR) is 173 cm³/mol. The molecule has 6 N–H and O–H groups in total. The Bertz CT molecular complexity index is 1060. The number of benzene rings is 2. The molecular weight excluding hydrogens is 581 g/mol. The maximum absolute atomic E-state index is 10.3. The molecule has 2 aromatic rings. The first-order valence-corrected chi connectivity index (χ1v) is 16.5. The van der Waals surface area contributed by atoms with E-state index in [4.69, 9.17) is 0 Å². The second-order valence-electron chi connectivity index (χ2n) is 12.0. The molecule has 41 heavy (non-hydrogen) atoms. The van der Waals surface area contributed by atoms with Crippen LogP contribution in [0.2, 0.25) is 5.72 Å². The molecule has 0 saturated carbocycles. The van der Waals surface area contributed by atoms with Gasteiger partial charge < -0.3 is 30.1 Å². The maximum Gasteiger partial charge on any atom is 0.458 e. The second-order valence-corrected chi connectivity index (χ2v) is 12.9. The van der Waals surface area contributed by atoms with E-state index in [0.717, 1.165) is 54.1 Å². The highest BCUT2D eigenvalue weighted by atomic mass is 79.9. The fourth-order valence-electron chi connectivity index (χ4n) is 6.89. The van der Waals surface area contributed by atoms with Crippen molar-refractivity contribution >= 4 is 37.3 Å². The van der Waals surface area contributed by atoms with E-state index in [9.17, 15) is 30.1 Å². The SMILES string of the molecule is CCCCCCCCC1(CCCCCCCC)c2cc(Br)ccc2-c2ccc(C(B(O)O)C(B(O)O)B(O)O)cc21. The van der Waals surface area contributed by atoms with Gasteiger partial charge in [-0.3, -0.25) is 0 Å². The standard InChI is InChI=1S/C31H48B3BrO6/c1-3-5-7-9-11-13-19-31(20-14-12-10-8-6-4-2)27-21-23(29(32(36)37)30(33(38)39)34(40)41)15-17-25(27)26-18-16-24(35)22-28(26)31/h15-18,21-22,29-30,36-41H,3-14,19-20H2,1-2H3. The summed E-state index contributed by atoms with van der Waals surface area (Å²) in [5.41, 5.74) is 3.26. The largest absolute Gasteiger partial charge is 0.458 e. The highest BCUT2D eigenvalue weighted by Crippen LogP contribution is 2.55. The molecule has 224 valence electrons. The lowest BCUT2D eigenvalue weighted by Crippen LogP contribution is -2.43. The van der Waals surface area contributed by atoms with Crippen molar-refractivity contribution < 1.29 is 30.1 Å². The monoisotopic (exact) mass is 628 g/mol. The van der Waals surface area contributed by atoms with Crippen molar-refractivity contribution in [3.8, 4) is 11.1 Å². The number of halogens is 1. The highest BCUT2D eigenvalue weighted by molar-refractivity contribution is 9.10. The van der Waals surface area contributed by atoms with Gasteiger partial charge in [-0.2, -0.15) is 0 Å². The highest BCUT2D eigenvalue weighted by Gasteiger charge is 2.48. The molecule has 0 amide bonds. The normalized spacial score (nSPS) is 14.2. The Balaban J connectivity index is 2.07. The molecule has 2 aromatic carbocycles. The van der Waals surface area contributed by atoms with E-state index in [1.807, 2.05) is 12.1 Å². The van der Waals surface area contributed by atoms with Crippen molar-refractivity contribution in [1.29, 1.82) is 0 Å². The van der Waals surface area contributed by atoms with Crippen LogP contribution in [0.15, 0.2) is 40.9 Å². The quantitative estimate of drug-likeness (QED) is 0.0818. The fraction of sp³-hybridized carbons (Fsp3) is 0.613. The van der Waals surface area contributed by atoms with E-state index < -0.39 is 32.9 Å². The van der Waals surface area contributed by atoms with Crippen LogP contribution in [0.4, 0.5) is 0 Å². The van der Waals surface area contributed by atoms with E-state index in [0.29, 0.717) is 5.56 Å². The molecule has 0 radical (unpaired) electrons. The van der Waals surface area contributed by atoms with Crippen molar-refractivity contribution in [2.75, 3.05) is 0 Å². The van der Waals surface area contributed by atoms with Gasteiger partial charge in [-0.05, 0) is 52.8 Å². The maximum atomic E-state index is 10.3. The van der Waals surface area contributed by atoms with Gasteiger partial charge in [0.2, 0.25) is 0 Å². The number of hydrogen-bond acceptors (Lipinski definition) is 6. The fourth-order valence-corrected chi connectivity index (χ4v) is 7.25. The molecule has 0 fully saturated rings. The van der Waals surface area contributed by atoms with Gasteiger partial charge >= 0.3 is 21.4 Å². The summed E-state index contributed by atoms with van der Waals surface area (Å²) in [5, 5.41) is 60.4. The Morgan fingerprint density at radius 1 is 0.610 bits per heavy atom. The zero-order valence-corrected chi connectivity index (χ0v) is 26.4. The number of fused-ring (bicyclic) bond motifs is 3. The van der Waals surface area contributed by atoms with Crippen LogP contribution < -0.4 is 0 Å². The second kappa shape index (κ2) is 16.6. The predicted octanol–water partition coefficient (Wildman–Crippen LogP) is 6.17. The van der Waals surface area contributed by atoms with Gasteiger partial charge in [0.05, 0.1) is 0 Å². The first kappa shape index (κ1) is 34.4. The van der Waals surface area contributed by atoms with Crippen LogP contribution in [0.25, 0.3) is 11.1 Å². The average molecular weight is 629 g/mol. The molecule has 1 atom stereocenters. The summed E-state index contributed by atoms with van der Waals surface area (Å²) in [5.74, 6) is -1.29. The summed E-state index contributed by atoms with van der Waals surface area (Å²) in [4.78, 5) is 0. The van der Waals surface area contributed by atoms with Crippen molar-refractivity contribution in [3.05, 3.63) is 57.6 Å². The molecule has 0 saturated heterocycles. The van der Waals surface area contributed by atoms with Gasteiger partial charge in [0.15, 0.2) is 0 Å². The Morgan fingerprint density at radius 2 is 1.07 bits per heavy atom. The number of rotatable bonds is 19. The summed E-state index contributed by atoms with van der Waals surface area (Å²) >= 11 is 3.71. The first-order valence-electron chi connectivity index (χ1n) is 15.7. The molecule has 10 heteroatoms. The molecule has 6 nitrogen and oxygen atoms in total. The molecule has 0 aliphatic heterocycles. The van der Waals surface area contributed by atoms with Crippen molar-refractivity contribution in [2.45, 2.75) is 121 Å². The van der Waals surface area contributed by atoms with Crippen LogP contribution in [0.5, 0.6) is 0 Å². The molecule has 0 heterocycles. The average Bonchev–Trinajstić information content (AvgIpc) is 3.18. The summed E-state index contributed by atoms with van der Waals surface area (Å²) in [6.07, 6.45) is 16.2. The van der Waals surface area contributed by atoms with Gasteiger partial charge in [0, 0.05) is 21.4 Å². The molecule has 0 spiro atoms. The minimum absolute atomic E-state index is 0.268. The lowest BCUT2D eigenvalue weighted by Gasteiger charge is -2.34. The van der Waals surface area contributed by atoms with Crippen LogP contribution in [0.3, 0.4) is 0 Å². The van der Waals surface area contributed by atoms with E-state index in [-0.39, 0.29) is 5.41 Å². The summed E-state index contributed by atoms with van der Waals surface area (Å²) in [7, 11) is -6.29. The third kappa shape index (κ3) is 8.50. The molecular formula is C31H48B3BrO6. The minimum atomic E-state index is -2.14. The first-order chi connectivity index (χ1) is 19.7. The van der Waals surface area contributed by atoms with E-state index in [1.54, 1.807) is 6.07 Å². The smallest absolute Gasteiger partial charge is 0.427 e. The van der Waals surface area contributed by atoms with Crippen molar-refractivity contribution in [3.63, 3.8) is 0 Å².